The third-order valence-electron chi connectivity index (χ3n) is 17.1. The van der Waals surface area contributed by atoms with Crippen LogP contribution in [0.1, 0.15) is 0 Å². The van der Waals surface area contributed by atoms with E-state index in [2.05, 4.69) is 319 Å². The second-order valence-corrected chi connectivity index (χ2v) is 23.3. The smallest absolute Gasteiger partial charge is 0.164 e. The number of thiophene rings is 1. The van der Waals surface area contributed by atoms with Gasteiger partial charge in [0.1, 0.15) is 0 Å². The molecule has 0 amide bonds. The van der Waals surface area contributed by atoms with E-state index in [1.807, 2.05) is 11.3 Å². The fraction of sp³-hybridized carbons (Fsp3) is 0. The van der Waals surface area contributed by atoms with E-state index >= 15 is 0 Å². The Morgan fingerprint density at radius 3 is 1.06 bits per heavy atom. The number of fused-ring (bicyclic) bond motifs is 11. The van der Waals surface area contributed by atoms with Crippen LogP contribution >= 0.6 is 11.3 Å². The molecule has 0 aliphatic rings. The van der Waals surface area contributed by atoms with E-state index in [9.17, 15) is 0 Å². The molecule has 0 N–H and O–H groups in total. The summed E-state index contributed by atoms with van der Waals surface area (Å²) in [6, 6.07) is 111. The highest BCUT2D eigenvalue weighted by atomic mass is 32.1. The summed E-state index contributed by atoms with van der Waals surface area (Å²) < 4.78 is 7.51. The van der Waals surface area contributed by atoms with Gasteiger partial charge in [0.2, 0.25) is 0 Å². The SMILES string of the molecule is c1ccc(-c2ccc(-c3nc(-c4cc(-c5ccccc5)cc(-c5ccccc5)c4)nc(-c4cc(-c5ccccc5)c(-n5c6ccccc6c6c7sc8c(ccc9c8c8ccccc8n9-c8ccccc8)c7ccc65)c(-c5ccccc5)c4)n3)cc2)cc1. The molecule has 0 saturated heterocycles. The number of nitrogens with zero attached hydrogens (tertiary/aromatic N) is 5. The summed E-state index contributed by atoms with van der Waals surface area (Å²) in [6.07, 6.45) is 0. The minimum Gasteiger partial charge on any atom is -0.309 e. The van der Waals surface area contributed by atoms with Crippen molar-refractivity contribution in [2.45, 2.75) is 0 Å². The van der Waals surface area contributed by atoms with Crippen LogP contribution < -0.4 is 0 Å². The molecule has 13 aromatic carbocycles. The fourth-order valence-corrected chi connectivity index (χ4v) is 14.5. The molecule has 5 nitrogen and oxygen atoms in total. The van der Waals surface area contributed by atoms with Crippen molar-refractivity contribution in [1.82, 2.24) is 24.1 Å². The van der Waals surface area contributed by atoms with Crippen molar-refractivity contribution in [1.29, 1.82) is 0 Å². The first-order valence-electron chi connectivity index (χ1n) is 29.5. The van der Waals surface area contributed by atoms with E-state index in [1.54, 1.807) is 0 Å². The van der Waals surface area contributed by atoms with E-state index in [-0.39, 0.29) is 0 Å². The normalized spacial score (nSPS) is 11.7. The molecule has 0 saturated carbocycles. The Balaban J connectivity index is 0.927. The predicted molar refractivity (Wildman–Crippen MR) is 365 cm³/mol. The van der Waals surface area contributed by atoms with Crippen LogP contribution in [0.5, 0.6) is 0 Å². The number of hydrogen-bond acceptors (Lipinski definition) is 4. The lowest BCUT2D eigenvalue weighted by atomic mass is 9.92. The van der Waals surface area contributed by atoms with Crippen molar-refractivity contribution in [2.24, 2.45) is 0 Å². The van der Waals surface area contributed by atoms with Gasteiger partial charge < -0.3 is 9.13 Å². The Bertz CT molecular complexity index is 5350. The quantitative estimate of drug-likeness (QED) is 0.137. The molecule has 0 aliphatic carbocycles. The lowest BCUT2D eigenvalue weighted by molar-refractivity contribution is 1.07. The van der Waals surface area contributed by atoms with E-state index in [1.165, 1.54) is 52.8 Å². The van der Waals surface area contributed by atoms with Gasteiger partial charge in [0, 0.05) is 75.2 Å². The Hall–Kier alpha value is -11.3. The van der Waals surface area contributed by atoms with Crippen LogP contribution in [0, 0.1) is 0 Å². The molecule has 17 aromatic rings. The lowest BCUT2D eigenvalue weighted by Gasteiger charge is -2.21. The minimum absolute atomic E-state index is 0.573. The molecule has 0 fully saturated rings. The van der Waals surface area contributed by atoms with Crippen molar-refractivity contribution >= 4 is 75.1 Å². The van der Waals surface area contributed by atoms with Crippen LogP contribution in [0.15, 0.2) is 309 Å². The highest BCUT2D eigenvalue weighted by Crippen LogP contribution is 2.50. The molecule has 4 aromatic heterocycles. The highest BCUT2D eigenvalue weighted by Gasteiger charge is 2.26. The van der Waals surface area contributed by atoms with E-state index in [0.717, 1.165) is 94.7 Å². The molecule has 0 spiro atoms. The van der Waals surface area contributed by atoms with E-state index < -0.39 is 0 Å². The minimum atomic E-state index is 0.573. The van der Waals surface area contributed by atoms with Gasteiger partial charge in [-0.2, -0.15) is 0 Å². The maximum Gasteiger partial charge on any atom is 0.164 e. The zero-order valence-electron chi connectivity index (χ0n) is 47.1. The zero-order chi connectivity index (χ0) is 57.4. The summed E-state index contributed by atoms with van der Waals surface area (Å²) in [4.78, 5) is 16.5. The molecular weight excluding hydrogens is 1070 g/mol. The average molecular weight is 1130 g/mol. The first kappa shape index (κ1) is 50.2. The Kier molecular flexibility index (Phi) is 12.0. The van der Waals surface area contributed by atoms with Gasteiger partial charge >= 0.3 is 0 Å². The molecule has 87 heavy (non-hydrogen) atoms. The standard InChI is InChI=1S/C81H51N5S/c1-7-23-52(24-8-1)55-39-41-58(42-40-55)79-82-80(61-48-59(53-25-9-2-10-26-53)47-60(49-61)54-27-11-3-12-28-54)84-81(83-79)62-50-68(56-29-13-4-14-30-56)76(69(51-62)57-31-15-5-16-32-57)86-71-38-22-20-36-67(71)75-73(86)46-44-65-64-43-45-72-74(77(64)87-78(65)75)66-35-19-21-37-70(66)85(72)63-33-17-6-18-34-63/h1-51H. The van der Waals surface area contributed by atoms with Gasteiger partial charge in [0.05, 0.1) is 27.8 Å². The number of hydrogen-bond donors (Lipinski definition) is 0. The van der Waals surface area contributed by atoms with Crippen molar-refractivity contribution in [3.63, 3.8) is 0 Å². The lowest BCUT2D eigenvalue weighted by Crippen LogP contribution is -2.04. The van der Waals surface area contributed by atoms with Gasteiger partial charge in [-0.1, -0.05) is 243 Å². The first-order chi connectivity index (χ1) is 43.1. The monoisotopic (exact) mass is 1130 g/mol. The third kappa shape index (κ3) is 8.56. The van der Waals surface area contributed by atoms with Crippen LogP contribution in [0.25, 0.3) is 165 Å². The number of benzene rings is 13. The molecule has 0 radical (unpaired) electrons. The van der Waals surface area contributed by atoms with Crippen LogP contribution in [0.4, 0.5) is 0 Å². The summed E-state index contributed by atoms with van der Waals surface area (Å²) in [5.74, 6) is 1.74. The van der Waals surface area contributed by atoms with E-state index in [4.69, 9.17) is 15.0 Å². The molecule has 6 heteroatoms. The maximum atomic E-state index is 5.58. The highest BCUT2D eigenvalue weighted by molar-refractivity contribution is 7.27. The van der Waals surface area contributed by atoms with Crippen molar-refractivity contribution in [3.8, 4) is 101 Å². The van der Waals surface area contributed by atoms with Crippen LogP contribution in [-0.2, 0) is 0 Å². The second-order valence-electron chi connectivity index (χ2n) is 22.2. The Labute approximate surface area is 506 Å². The van der Waals surface area contributed by atoms with Crippen LogP contribution in [0.2, 0.25) is 0 Å². The largest absolute Gasteiger partial charge is 0.309 e. The molecule has 406 valence electrons. The predicted octanol–water partition coefficient (Wildman–Crippen LogP) is 21.8. The van der Waals surface area contributed by atoms with Crippen molar-refractivity contribution in [2.75, 3.05) is 0 Å². The van der Waals surface area contributed by atoms with Gasteiger partial charge in [-0.05, 0) is 111 Å². The van der Waals surface area contributed by atoms with Gasteiger partial charge in [-0.15, -0.1) is 11.3 Å². The number of rotatable bonds is 10. The summed E-state index contributed by atoms with van der Waals surface area (Å²) in [6.45, 7) is 0. The van der Waals surface area contributed by atoms with E-state index in [0.29, 0.717) is 17.5 Å². The average Bonchev–Trinajstić information content (AvgIpc) is 1.68. The number of aromatic nitrogens is 5. The number of para-hydroxylation sites is 3. The van der Waals surface area contributed by atoms with Gasteiger partial charge in [0.15, 0.2) is 17.5 Å². The first-order valence-corrected chi connectivity index (χ1v) is 30.3. The Morgan fingerprint density at radius 1 is 0.230 bits per heavy atom. The molecular formula is C81H51N5S. The van der Waals surface area contributed by atoms with Crippen LogP contribution in [0.3, 0.4) is 0 Å². The van der Waals surface area contributed by atoms with Crippen molar-refractivity contribution < 1.29 is 0 Å². The third-order valence-corrected chi connectivity index (χ3v) is 18.4. The fourth-order valence-electron chi connectivity index (χ4n) is 13.1. The molecule has 0 unspecified atom stereocenters. The van der Waals surface area contributed by atoms with Gasteiger partial charge in [-0.3, -0.25) is 0 Å². The molecule has 0 bridgehead atoms. The van der Waals surface area contributed by atoms with Crippen molar-refractivity contribution in [3.05, 3.63) is 309 Å². The maximum absolute atomic E-state index is 5.58. The molecule has 0 aliphatic heterocycles. The van der Waals surface area contributed by atoms with Gasteiger partial charge in [-0.25, -0.2) is 15.0 Å². The topological polar surface area (TPSA) is 48.5 Å². The molecule has 0 atom stereocenters. The molecule has 4 heterocycles. The summed E-state index contributed by atoms with van der Waals surface area (Å²) in [5.41, 5.74) is 20.5. The molecule has 17 rings (SSSR count). The Morgan fingerprint density at radius 2 is 0.575 bits per heavy atom. The summed E-state index contributed by atoms with van der Waals surface area (Å²) in [5, 5.41) is 7.50. The second kappa shape index (κ2) is 20.8. The zero-order valence-corrected chi connectivity index (χ0v) is 47.9. The summed E-state index contributed by atoms with van der Waals surface area (Å²) >= 11 is 1.92. The van der Waals surface area contributed by atoms with Crippen LogP contribution in [-0.4, -0.2) is 24.1 Å². The summed E-state index contributed by atoms with van der Waals surface area (Å²) in [7, 11) is 0. The van der Waals surface area contributed by atoms with Gasteiger partial charge in [0.25, 0.3) is 0 Å².